The van der Waals surface area contributed by atoms with Gasteiger partial charge in [0.25, 0.3) is 0 Å². The summed E-state index contributed by atoms with van der Waals surface area (Å²) in [5, 5.41) is 13.3. The van der Waals surface area contributed by atoms with Crippen LogP contribution in [-0.2, 0) is 6.54 Å². The molecule has 2 rings (SSSR count). The molecule has 0 aliphatic heterocycles. The highest BCUT2D eigenvalue weighted by Gasteiger charge is 2.10. The van der Waals surface area contributed by atoms with E-state index in [1.54, 1.807) is 6.07 Å². The Balaban J connectivity index is 2.11. The standard InChI is InChI=1S/C18H23NO/c1-12-9-14(3)17(10-13(12)2)15(4)19-11-16-7-5-6-8-18(16)20/h5-10,15,19-20H,11H2,1-4H3. The fourth-order valence-corrected chi connectivity index (χ4v) is 2.48. The van der Waals surface area contributed by atoms with Crippen molar-refractivity contribution in [2.75, 3.05) is 0 Å². The zero-order valence-corrected chi connectivity index (χ0v) is 12.7. The van der Waals surface area contributed by atoms with Crippen LogP contribution in [0.25, 0.3) is 0 Å². The van der Waals surface area contributed by atoms with Crippen molar-refractivity contribution >= 4 is 0 Å². The van der Waals surface area contributed by atoms with Gasteiger partial charge in [-0.25, -0.2) is 0 Å². The van der Waals surface area contributed by atoms with Crippen molar-refractivity contribution in [3.05, 3.63) is 64.2 Å². The van der Waals surface area contributed by atoms with Crippen LogP contribution in [0.1, 0.15) is 40.8 Å². The number of hydrogen-bond acceptors (Lipinski definition) is 2. The number of rotatable bonds is 4. The molecule has 2 aromatic carbocycles. The second-order valence-electron chi connectivity index (χ2n) is 5.52. The molecule has 1 unspecified atom stereocenters. The second kappa shape index (κ2) is 6.10. The molecule has 2 aromatic rings. The van der Waals surface area contributed by atoms with Crippen molar-refractivity contribution < 1.29 is 5.11 Å². The van der Waals surface area contributed by atoms with E-state index in [9.17, 15) is 5.11 Å². The first-order chi connectivity index (χ1) is 9.49. The third-order valence-corrected chi connectivity index (χ3v) is 3.94. The van der Waals surface area contributed by atoms with Crippen molar-refractivity contribution in [3.8, 4) is 5.75 Å². The summed E-state index contributed by atoms with van der Waals surface area (Å²) in [5.74, 6) is 0.351. The van der Waals surface area contributed by atoms with E-state index in [0.29, 0.717) is 12.3 Å². The first-order valence-corrected chi connectivity index (χ1v) is 7.07. The Labute approximate surface area is 121 Å². The highest BCUT2D eigenvalue weighted by molar-refractivity contribution is 5.38. The van der Waals surface area contributed by atoms with Crippen LogP contribution in [0.4, 0.5) is 0 Å². The monoisotopic (exact) mass is 269 g/mol. The molecule has 0 spiro atoms. The SMILES string of the molecule is Cc1cc(C)c(C(C)NCc2ccccc2O)cc1C. The van der Waals surface area contributed by atoms with Crippen LogP contribution in [0.3, 0.4) is 0 Å². The molecular weight excluding hydrogens is 246 g/mol. The lowest BCUT2D eigenvalue weighted by Crippen LogP contribution is -2.19. The Morgan fingerprint density at radius 3 is 2.35 bits per heavy atom. The number of benzene rings is 2. The minimum absolute atomic E-state index is 0.258. The topological polar surface area (TPSA) is 32.3 Å². The summed E-state index contributed by atoms with van der Waals surface area (Å²) in [6, 6.07) is 12.2. The lowest BCUT2D eigenvalue weighted by molar-refractivity contribution is 0.460. The van der Waals surface area contributed by atoms with Crippen molar-refractivity contribution in [2.45, 2.75) is 40.3 Å². The molecule has 20 heavy (non-hydrogen) atoms. The van der Waals surface area contributed by atoms with E-state index >= 15 is 0 Å². The Bertz CT molecular complexity index is 604. The molecule has 0 radical (unpaired) electrons. The molecule has 2 nitrogen and oxygen atoms in total. The molecular formula is C18H23NO. The molecule has 0 bridgehead atoms. The molecule has 1 atom stereocenters. The molecule has 2 N–H and O–H groups in total. The van der Waals surface area contributed by atoms with Gasteiger partial charge in [0.1, 0.15) is 5.75 Å². The van der Waals surface area contributed by atoms with E-state index < -0.39 is 0 Å². The van der Waals surface area contributed by atoms with Crippen LogP contribution >= 0.6 is 0 Å². The number of aryl methyl sites for hydroxylation is 3. The maximum absolute atomic E-state index is 9.79. The molecule has 0 amide bonds. The molecule has 0 saturated carbocycles. The third kappa shape index (κ3) is 3.20. The number of phenols is 1. The van der Waals surface area contributed by atoms with Crippen LogP contribution in [0.15, 0.2) is 36.4 Å². The Morgan fingerprint density at radius 1 is 1.00 bits per heavy atom. The van der Waals surface area contributed by atoms with Gasteiger partial charge in [0.2, 0.25) is 0 Å². The number of para-hydroxylation sites is 1. The quantitative estimate of drug-likeness (QED) is 0.873. The average Bonchev–Trinajstić information content (AvgIpc) is 2.41. The second-order valence-corrected chi connectivity index (χ2v) is 5.52. The predicted molar refractivity (Wildman–Crippen MR) is 84.0 cm³/mol. The van der Waals surface area contributed by atoms with Crippen LogP contribution in [0.5, 0.6) is 5.75 Å². The van der Waals surface area contributed by atoms with Gasteiger partial charge < -0.3 is 10.4 Å². The molecule has 0 aliphatic rings. The molecule has 0 saturated heterocycles. The van der Waals surface area contributed by atoms with E-state index in [-0.39, 0.29) is 6.04 Å². The Hall–Kier alpha value is -1.80. The smallest absolute Gasteiger partial charge is 0.120 e. The van der Waals surface area contributed by atoms with Gasteiger partial charge >= 0.3 is 0 Å². The van der Waals surface area contributed by atoms with Gasteiger partial charge in [0, 0.05) is 18.2 Å². The lowest BCUT2D eigenvalue weighted by atomic mass is 9.96. The molecule has 0 heterocycles. The number of phenolic OH excluding ortho intramolecular Hbond substituents is 1. The van der Waals surface area contributed by atoms with Gasteiger partial charge in [-0.3, -0.25) is 0 Å². The van der Waals surface area contributed by atoms with Gasteiger partial charge in [0.15, 0.2) is 0 Å². The minimum atomic E-state index is 0.258. The van der Waals surface area contributed by atoms with Crippen molar-refractivity contribution in [2.24, 2.45) is 0 Å². The highest BCUT2D eigenvalue weighted by atomic mass is 16.3. The maximum atomic E-state index is 9.79. The lowest BCUT2D eigenvalue weighted by Gasteiger charge is -2.19. The number of nitrogens with one attached hydrogen (secondary N) is 1. The van der Waals surface area contributed by atoms with Gasteiger partial charge in [-0.15, -0.1) is 0 Å². The minimum Gasteiger partial charge on any atom is -0.508 e. The molecule has 0 fully saturated rings. The zero-order chi connectivity index (χ0) is 14.7. The van der Waals surface area contributed by atoms with E-state index in [1.165, 1.54) is 22.3 Å². The van der Waals surface area contributed by atoms with E-state index in [1.807, 2.05) is 18.2 Å². The summed E-state index contributed by atoms with van der Waals surface area (Å²) in [6.07, 6.45) is 0. The molecule has 2 heteroatoms. The van der Waals surface area contributed by atoms with E-state index in [0.717, 1.165) is 5.56 Å². The molecule has 106 valence electrons. The van der Waals surface area contributed by atoms with Gasteiger partial charge in [-0.05, 0) is 56.0 Å². The summed E-state index contributed by atoms with van der Waals surface area (Å²) in [7, 11) is 0. The predicted octanol–water partition coefficient (Wildman–Crippen LogP) is 4.17. The summed E-state index contributed by atoms with van der Waals surface area (Å²) in [6.45, 7) is 9.28. The van der Waals surface area contributed by atoms with E-state index in [2.05, 4.69) is 45.1 Å². The molecule has 0 aromatic heterocycles. The van der Waals surface area contributed by atoms with Crippen molar-refractivity contribution in [3.63, 3.8) is 0 Å². The summed E-state index contributed by atoms with van der Waals surface area (Å²) >= 11 is 0. The fraction of sp³-hybridized carbons (Fsp3) is 0.333. The highest BCUT2D eigenvalue weighted by Crippen LogP contribution is 2.23. The summed E-state index contributed by atoms with van der Waals surface area (Å²) in [5.41, 5.74) is 6.22. The number of hydrogen-bond donors (Lipinski definition) is 2. The first kappa shape index (κ1) is 14.6. The average molecular weight is 269 g/mol. The fourth-order valence-electron chi connectivity index (χ4n) is 2.48. The Kier molecular flexibility index (Phi) is 4.46. The van der Waals surface area contributed by atoms with Crippen molar-refractivity contribution in [1.82, 2.24) is 5.32 Å². The zero-order valence-electron chi connectivity index (χ0n) is 12.7. The summed E-state index contributed by atoms with van der Waals surface area (Å²) < 4.78 is 0. The Morgan fingerprint density at radius 2 is 1.65 bits per heavy atom. The van der Waals surface area contributed by atoms with Crippen LogP contribution < -0.4 is 5.32 Å². The largest absolute Gasteiger partial charge is 0.508 e. The van der Waals surface area contributed by atoms with Crippen LogP contribution in [0, 0.1) is 20.8 Å². The normalized spacial score (nSPS) is 12.4. The number of aromatic hydroxyl groups is 1. The van der Waals surface area contributed by atoms with Gasteiger partial charge in [-0.2, -0.15) is 0 Å². The van der Waals surface area contributed by atoms with E-state index in [4.69, 9.17) is 0 Å². The van der Waals surface area contributed by atoms with Crippen LogP contribution in [-0.4, -0.2) is 5.11 Å². The van der Waals surface area contributed by atoms with Crippen molar-refractivity contribution in [1.29, 1.82) is 0 Å². The van der Waals surface area contributed by atoms with Gasteiger partial charge in [0.05, 0.1) is 0 Å². The summed E-state index contributed by atoms with van der Waals surface area (Å²) in [4.78, 5) is 0. The first-order valence-electron chi connectivity index (χ1n) is 7.07. The van der Waals surface area contributed by atoms with Crippen LogP contribution in [0.2, 0.25) is 0 Å². The van der Waals surface area contributed by atoms with Gasteiger partial charge in [-0.1, -0.05) is 30.3 Å². The maximum Gasteiger partial charge on any atom is 0.120 e. The third-order valence-electron chi connectivity index (χ3n) is 3.94. The molecule has 0 aliphatic carbocycles.